The lowest BCUT2D eigenvalue weighted by Crippen LogP contribution is -2.36. The summed E-state index contributed by atoms with van der Waals surface area (Å²) < 4.78 is 16.6. The lowest BCUT2D eigenvalue weighted by Gasteiger charge is -2.35. The van der Waals surface area contributed by atoms with Crippen molar-refractivity contribution < 1.29 is 8.39 Å². The number of rotatable bonds is 4. The van der Waals surface area contributed by atoms with Crippen LogP contribution in [0.25, 0.3) is 43.5 Å². The third-order valence-corrected chi connectivity index (χ3v) is 9.96. The summed E-state index contributed by atoms with van der Waals surface area (Å²) in [7, 11) is -1.40. The average Bonchev–Trinajstić information content (AvgIpc) is 3.15. The predicted molar refractivity (Wildman–Crippen MR) is 161 cm³/mol. The molecule has 1 aromatic heterocycles. The zero-order chi connectivity index (χ0) is 25.5. The van der Waals surface area contributed by atoms with Crippen molar-refractivity contribution in [3.63, 3.8) is 0 Å². The first-order chi connectivity index (χ1) is 18.8. The van der Waals surface area contributed by atoms with Gasteiger partial charge in [-0.15, -0.1) is 0 Å². The molecular formula is C34H32NO2P. The fraction of sp³-hybridized carbons (Fsp3) is 0.235. The van der Waals surface area contributed by atoms with Crippen molar-refractivity contribution in [2.45, 2.75) is 51.1 Å². The van der Waals surface area contributed by atoms with E-state index < -0.39 is 8.16 Å². The molecule has 7 rings (SSSR count). The van der Waals surface area contributed by atoms with Gasteiger partial charge < -0.3 is 8.39 Å². The third kappa shape index (κ3) is 4.11. The first kappa shape index (κ1) is 23.6. The average molecular weight is 518 g/mol. The number of hydrogen-bond donors (Lipinski definition) is 0. The summed E-state index contributed by atoms with van der Waals surface area (Å²) in [6, 6.07) is 37.3. The smallest absolute Gasteiger partial charge is 0.310 e. The van der Waals surface area contributed by atoms with Crippen molar-refractivity contribution in [1.29, 1.82) is 0 Å². The monoisotopic (exact) mass is 517 g/mol. The van der Waals surface area contributed by atoms with Gasteiger partial charge in [-0.3, -0.25) is 0 Å². The van der Waals surface area contributed by atoms with Gasteiger partial charge in [-0.25, -0.2) is 0 Å². The van der Waals surface area contributed by atoms with Crippen LogP contribution in [0.3, 0.4) is 0 Å². The quantitative estimate of drug-likeness (QED) is 0.233. The van der Waals surface area contributed by atoms with Crippen LogP contribution in [0.2, 0.25) is 0 Å². The van der Waals surface area contributed by atoms with Crippen LogP contribution in [0.4, 0.5) is 0 Å². The van der Waals surface area contributed by atoms with Crippen LogP contribution in [0.15, 0.2) is 112 Å². The van der Waals surface area contributed by atoms with Crippen molar-refractivity contribution in [2.75, 3.05) is 4.67 Å². The van der Waals surface area contributed by atoms with E-state index in [0.717, 1.165) is 21.9 Å². The Labute approximate surface area is 224 Å². The van der Waals surface area contributed by atoms with Crippen molar-refractivity contribution >= 4 is 51.6 Å². The summed E-state index contributed by atoms with van der Waals surface area (Å²) in [5, 5.41) is 7.09. The zero-order valence-corrected chi connectivity index (χ0v) is 22.6. The lowest BCUT2D eigenvalue weighted by molar-refractivity contribution is 0.401. The second-order valence-corrected chi connectivity index (χ2v) is 11.8. The molecule has 1 saturated carbocycles. The Morgan fingerprint density at radius 2 is 1.16 bits per heavy atom. The van der Waals surface area contributed by atoms with Gasteiger partial charge >= 0.3 is 8.16 Å². The van der Waals surface area contributed by atoms with Crippen molar-refractivity contribution in [1.82, 2.24) is 0 Å². The normalized spacial score (nSPS) is 15.5. The standard InChI is InChI=1S/C34H32NO2P/c1-24(25-12-4-2-5-13-25)35(28-16-6-3-7-17-28)38-36-31-22-20-26-14-8-10-18-29(26)33(31)34-30-19-11-9-15-27(30)21-23-32(34)37-38/h2,4-5,8-15,18-24,28H,3,6-7,16-17H2,1H3/t24-/m1/s1. The van der Waals surface area contributed by atoms with E-state index in [2.05, 4.69) is 115 Å². The van der Waals surface area contributed by atoms with Gasteiger partial charge in [0.2, 0.25) is 0 Å². The molecule has 0 bridgehead atoms. The highest BCUT2D eigenvalue weighted by atomic mass is 31.1. The highest BCUT2D eigenvalue weighted by Gasteiger charge is 2.31. The van der Waals surface area contributed by atoms with E-state index in [9.17, 15) is 0 Å². The minimum Gasteiger partial charge on any atom is -0.408 e. The first-order valence-electron chi connectivity index (χ1n) is 13.8. The summed E-state index contributed by atoms with van der Waals surface area (Å²) in [6.07, 6.45) is 6.19. The SMILES string of the molecule is C[C@H](c1ccccc1)N(C1CCCCC1)p1oc2ccc3ccccc3c2c2c(ccc3ccccc32)o1. The van der Waals surface area contributed by atoms with Crippen molar-refractivity contribution in [3.8, 4) is 0 Å². The third-order valence-electron chi connectivity index (χ3n) is 8.20. The Bertz CT molecular complexity index is 1690. The molecule has 0 aliphatic heterocycles. The molecule has 0 unspecified atom stereocenters. The Morgan fingerprint density at radius 1 is 0.632 bits per heavy atom. The molecule has 1 fully saturated rings. The molecule has 38 heavy (non-hydrogen) atoms. The fourth-order valence-electron chi connectivity index (χ4n) is 6.27. The maximum Gasteiger partial charge on any atom is 0.310 e. The second-order valence-electron chi connectivity index (χ2n) is 10.5. The van der Waals surface area contributed by atoms with Gasteiger partial charge in [0.05, 0.1) is 0 Å². The number of nitrogens with zero attached hydrogens (tertiary/aromatic N) is 1. The Hall–Kier alpha value is -3.52. The molecule has 0 spiro atoms. The van der Waals surface area contributed by atoms with E-state index in [1.165, 1.54) is 59.2 Å². The van der Waals surface area contributed by atoms with E-state index in [1.807, 2.05) is 0 Å². The van der Waals surface area contributed by atoms with Gasteiger partial charge in [0, 0.05) is 22.9 Å². The highest BCUT2D eigenvalue weighted by molar-refractivity contribution is 7.39. The minimum atomic E-state index is -1.40. The summed E-state index contributed by atoms with van der Waals surface area (Å²) in [4.78, 5) is 0. The lowest BCUT2D eigenvalue weighted by atomic mass is 9.94. The maximum absolute atomic E-state index is 7.02. The summed E-state index contributed by atoms with van der Waals surface area (Å²) in [6.45, 7) is 2.31. The van der Waals surface area contributed by atoms with Crippen molar-refractivity contribution in [3.05, 3.63) is 109 Å². The highest BCUT2D eigenvalue weighted by Crippen LogP contribution is 2.46. The van der Waals surface area contributed by atoms with Crippen LogP contribution in [-0.2, 0) is 0 Å². The Kier molecular flexibility index (Phi) is 6.20. The van der Waals surface area contributed by atoms with Crippen molar-refractivity contribution in [2.24, 2.45) is 0 Å². The summed E-state index contributed by atoms with van der Waals surface area (Å²) in [5.41, 5.74) is 3.12. The predicted octanol–water partition coefficient (Wildman–Crippen LogP) is 10.6. The molecule has 3 nitrogen and oxygen atoms in total. The number of benzene rings is 5. The molecule has 0 N–H and O–H groups in total. The second kappa shape index (κ2) is 9.98. The number of fused-ring (bicyclic) bond motifs is 7. The van der Waals surface area contributed by atoms with Gasteiger partial charge in [-0.1, -0.05) is 110 Å². The molecule has 1 aliphatic rings. The molecule has 4 heteroatoms. The van der Waals surface area contributed by atoms with Gasteiger partial charge in [0.1, 0.15) is 11.2 Å². The van der Waals surface area contributed by atoms with E-state index >= 15 is 0 Å². The molecule has 1 heterocycles. The van der Waals surface area contributed by atoms with E-state index in [4.69, 9.17) is 8.39 Å². The van der Waals surface area contributed by atoms with E-state index in [0.29, 0.717) is 6.04 Å². The van der Waals surface area contributed by atoms with E-state index in [-0.39, 0.29) is 6.04 Å². The van der Waals surface area contributed by atoms with E-state index in [1.54, 1.807) is 0 Å². The van der Waals surface area contributed by atoms with Crippen LogP contribution in [-0.4, -0.2) is 6.04 Å². The first-order valence-corrected chi connectivity index (χ1v) is 14.9. The number of hydrogen-bond acceptors (Lipinski definition) is 3. The summed E-state index contributed by atoms with van der Waals surface area (Å²) >= 11 is 0. The fourth-order valence-corrected chi connectivity index (χ4v) is 8.05. The van der Waals surface area contributed by atoms with Crippen LogP contribution >= 0.6 is 8.16 Å². The Balaban J connectivity index is 1.58. The molecule has 1 atom stereocenters. The van der Waals surface area contributed by atoms with Crippen LogP contribution in [0.1, 0.15) is 50.6 Å². The van der Waals surface area contributed by atoms with Crippen LogP contribution in [0, 0.1) is 0 Å². The minimum absolute atomic E-state index is 0.177. The molecule has 0 amide bonds. The molecule has 5 aromatic carbocycles. The zero-order valence-electron chi connectivity index (χ0n) is 21.7. The largest absolute Gasteiger partial charge is 0.408 e. The molecule has 1 aliphatic carbocycles. The molecule has 190 valence electrons. The molecular weight excluding hydrogens is 485 g/mol. The van der Waals surface area contributed by atoms with Gasteiger partial charge in [-0.2, -0.15) is 4.67 Å². The topological polar surface area (TPSA) is 29.5 Å². The van der Waals surface area contributed by atoms with Crippen LogP contribution < -0.4 is 4.67 Å². The van der Waals surface area contributed by atoms with Gasteiger partial charge in [0.25, 0.3) is 0 Å². The molecule has 0 radical (unpaired) electrons. The molecule has 6 aromatic rings. The summed E-state index contributed by atoms with van der Waals surface area (Å²) in [5.74, 6) is 0. The maximum atomic E-state index is 7.02. The van der Waals surface area contributed by atoms with Gasteiger partial charge in [0.15, 0.2) is 0 Å². The molecule has 0 saturated heterocycles. The van der Waals surface area contributed by atoms with Gasteiger partial charge in [-0.05, 0) is 59.0 Å². The Morgan fingerprint density at radius 3 is 1.74 bits per heavy atom. The van der Waals surface area contributed by atoms with Crippen LogP contribution in [0.5, 0.6) is 0 Å².